The largest absolute Gasteiger partial charge is 0.369 e. The number of hydrogen-bond donors (Lipinski definition) is 2. The van der Waals surface area contributed by atoms with E-state index in [-0.39, 0.29) is 5.91 Å². The van der Waals surface area contributed by atoms with E-state index in [0.717, 1.165) is 55.0 Å². The van der Waals surface area contributed by atoms with Crippen molar-refractivity contribution in [3.8, 4) is 0 Å². The van der Waals surface area contributed by atoms with Gasteiger partial charge in [0, 0.05) is 59.7 Å². The van der Waals surface area contributed by atoms with Crippen LogP contribution in [0, 0.1) is 13.8 Å². The summed E-state index contributed by atoms with van der Waals surface area (Å²) in [5.41, 5.74) is 6.12. The van der Waals surface area contributed by atoms with Gasteiger partial charge < -0.3 is 20.1 Å². The van der Waals surface area contributed by atoms with Crippen molar-refractivity contribution in [1.82, 2.24) is 9.88 Å². The number of piperazine rings is 1. The van der Waals surface area contributed by atoms with E-state index >= 15 is 0 Å². The molecule has 0 aliphatic carbocycles. The van der Waals surface area contributed by atoms with Crippen LogP contribution in [0.2, 0.25) is 0 Å². The molecule has 0 radical (unpaired) electrons. The predicted octanol–water partition coefficient (Wildman–Crippen LogP) is 4.18. The van der Waals surface area contributed by atoms with Crippen LogP contribution in [0.4, 0.5) is 11.4 Å². The minimum absolute atomic E-state index is 0.0792. The second kappa shape index (κ2) is 7.68. The van der Waals surface area contributed by atoms with E-state index in [1.807, 2.05) is 30.3 Å². The van der Waals surface area contributed by atoms with E-state index in [4.69, 9.17) is 0 Å². The first kappa shape index (κ1) is 18.6. The molecule has 5 heteroatoms. The molecule has 1 aliphatic rings. The number of anilines is 2. The Balaban J connectivity index is 1.44. The van der Waals surface area contributed by atoms with Crippen molar-refractivity contribution in [3.05, 3.63) is 59.3 Å². The highest BCUT2D eigenvalue weighted by molar-refractivity contribution is 6.06. The SMILES string of the molecule is CCN1CCN(c2ccc(NC(=O)c3ccc4[nH]c(C)c(C)c4c3)cc2)CC1. The lowest BCUT2D eigenvalue weighted by Crippen LogP contribution is -2.46. The average molecular weight is 377 g/mol. The number of rotatable bonds is 4. The number of amides is 1. The van der Waals surface area contributed by atoms with Crippen molar-refractivity contribution in [1.29, 1.82) is 0 Å². The maximum atomic E-state index is 12.7. The van der Waals surface area contributed by atoms with Gasteiger partial charge in [0.25, 0.3) is 5.91 Å². The van der Waals surface area contributed by atoms with E-state index in [2.05, 4.69) is 53.0 Å². The molecule has 1 amide bonds. The van der Waals surface area contributed by atoms with Crippen molar-refractivity contribution >= 4 is 28.2 Å². The van der Waals surface area contributed by atoms with Crippen LogP contribution in [0.25, 0.3) is 10.9 Å². The van der Waals surface area contributed by atoms with Crippen LogP contribution in [-0.4, -0.2) is 48.5 Å². The normalized spacial score (nSPS) is 15.2. The summed E-state index contributed by atoms with van der Waals surface area (Å²) in [6.45, 7) is 11.8. The Labute approximate surface area is 166 Å². The molecule has 3 aromatic rings. The number of nitrogens with zero attached hydrogens (tertiary/aromatic N) is 2. The van der Waals surface area contributed by atoms with E-state index in [1.54, 1.807) is 0 Å². The molecule has 0 bridgehead atoms. The van der Waals surface area contributed by atoms with Gasteiger partial charge in [-0.25, -0.2) is 0 Å². The standard InChI is InChI=1S/C23H28N4O/c1-4-26-11-13-27(14-12-26)20-8-6-19(7-9-20)25-23(28)18-5-10-22-21(15-18)16(2)17(3)24-22/h5-10,15,24H,4,11-14H2,1-3H3,(H,25,28). The lowest BCUT2D eigenvalue weighted by Gasteiger charge is -2.35. The van der Waals surface area contributed by atoms with Crippen LogP contribution in [0.5, 0.6) is 0 Å². The molecule has 2 N–H and O–H groups in total. The summed E-state index contributed by atoms with van der Waals surface area (Å²) in [4.78, 5) is 20.9. The first-order chi connectivity index (χ1) is 13.5. The fourth-order valence-electron chi connectivity index (χ4n) is 3.88. The molecule has 1 fully saturated rings. The highest BCUT2D eigenvalue weighted by Gasteiger charge is 2.16. The molecule has 2 heterocycles. The van der Waals surface area contributed by atoms with Gasteiger partial charge in [-0.1, -0.05) is 6.92 Å². The van der Waals surface area contributed by atoms with Crippen LogP contribution >= 0.6 is 0 Å². The molecule has 1 aliphatic heterocycles. The molecule has 0 atom stereocenters. The zero-order valence-electron chi connectivity index (χ0n) is 16.9. The number of likely N-dealkylation sites (N-methyl/N-ethyl adjacent to an activating group) is 1. The summed E-state index contributed by atoms with van der Waals surface area (Å²) < 4.78 is 0. The van der Waals surface area contributed by atoms with E-state index in [9.17, 15) is 4.79 Å². The fraction of sp³-hybridized carbons (Fsp3) is 0.348. The van der Waals surface area contributed by atoms with Gasteiger partial charge in [-0.3, -0.25) is 4.79 Å². The maximum absolute atomic E-state index is 12.7. The van der Waals surface area contributed by atoms with Crippen molar-refractivity contribution in [2.24, 2.45) is 0 Å². The summed E-state index contributed by atoms with van der Waals surface area (Å²) in [5.74, 6) is -0.0792. The summed E-state index contributed by atoms with van der Waals surface area (Å²) >= 11 is 0. The Kier molecular flexibility index (Phi) is 5.09. The second-order valence-corrected chi connectivity index (χ2v) is 7.56. The Bertz CT molecular complexity index is 982. The minimum atomic E-state index is -0.0792. The highest BCUT2D eigenvalue weighted by atomic mass is 16.1. The lowest BCUT2D eigenvalue weighted by molar-refractivity contribution is 0.102. The van der Waals surface area contributed by atoms with Crippen LogP contribution in [0.1, 0.15) is 28.5 Å². The summed E-state index contributed by atoms with van der Waals surface area (Å²) in [6.07, 6.45) is 0. The third kappa shape index (κ3) is 3.62. The number of H-pyrrole nitrogens is 1. The van der Waals surface area contributed by atoms with Crippen molar-refractivity contribution < 1.29 is 4.79 Å². The van der Waals surface area contributed by atoms with Crippen LogP contribution in [0.15, 0.2) is 42.5 Å². The molecule has 146 valence electrons. The topological polar surface area (TPSA) is 51.4 Å². The molecule has 0 saturated carbocycles. The smallest absolute Gasteiger partial charge is 0.255 e. The number of aryl methyl sites for hydroxylation is 2. The Morgan fingerprint density at radius 2 is 1.75 bits per heavy atom. The van der Waals surface area contributed by atoms with Crippen LogP contribution in [0.3, 0.4) is 0 Å². The van der Waals surface area contributed by atoms with E-state index in [1.165, 1.54) is 11.3 Å². The van der Waals surface area contributed by atoms with Gasteiger partial charge in [0.05, 0.1) is 0 Å². The summed E-state index contributed by atoms with van der Waals surface area (Å²) in [7, 11) is 0. The zero-order chi connectivity index (χ0) is 19.7. The molecule has 1 aromatic heterocycles. The molecule has 0 spiro atoms. The minimum Gasteiger partial charge on any atom is -0.369 e. The van der Waals surface area contributed by atoms with Crippen molar-refractivity contribution in [3.63, 3.8) is 0 Å². The van der Waals surface area contributed by atoms with Gasteiger partial charge in [0.2, 0.25) is 0 Å². The number of benzene rings is 2. The monoisotopic (exact) mass is 376 g/mol. The number of fused-ring (bicyclic) bond motifs is 1. The van der Waals surface area contributed by atoms with Gasteiger partial charge in [-0.2, -0.15) is 0 Å². The zero-order valence-corrected chi connectivity index (χ0v) is 16.9. The number of carbonyl (C=O) groups excluding carboxylic acids is 1. The Morgan fingerprint density at radius 3 is 2.43 bits per heavy atom. The average Bonchev–Trinajstić information content (AvgIpc) is 3.02. The highest BCUT2D eigenvalue weighted by Crippen LogP contribution is 2.24. The number of nitrogens with one attached hydrogen (secondary N) is 2. The molecule has 28 heavy (non-hydrogen) atoms. The van der Waals surface area contributed by atoms with E-state index in [0.29, 0.717) is 5.56 Å². The first-order valence-electron chi connectivity index (χ1n) is 10.0. The van der Waals surface area contributed by atoms with Crippen molar-refractivity contribution in [2.45, 2.75) is 20.8 Å². The molecule has 2 aromatic carbocycles. The Morgan fingerprint density at radius 1 is 1.04 bits per heavy atom. The van der Waals surface area contributed by atoms with Gasteiger partial charge in [0.1, 0.15) is 0 Å². The molecule has 4 rings (SSSR count). The first-order valence-corrected chi connectivity index (χ1v) is 10.0. The lowest BCUT2D eigenvalue weighted by atomic mass is 10.1. The van der Waals surface area contributed by atoms with Crippen LogP contribution in [-0.2, 0) is 0 Å². The summed E-state index contributed by atoms with van der Waals surface area (Å²) in [6, 6.07) is 14.0. The van der Waals surface area contributed by atoms with Gasteiger partial charge in [-0.05, 0) is 68.4 Å². The second-order valence-electron chi connectivity index (χ2n) is 7.56. The predicted molar refractivity (Wildman–Crippen MR) is 116 cm³/mol. The molecule has 0 unspecified atom stereocenters. The molecule has 5 nitrogen and oxygen atoms in total. The third-order valence-electron chi connectivity index (χ3n) is 5.88. The van der Waals surface area contributed by atoms with Crippen LogP contribution < -0.4 is 10.2 Å². The number of hydrogen-bond acceptors (Lipinski definition) is 3. The van der Waals surface area contributed by atoms with Gasteiger partial charge in [-0.15, -0.1) is 0 Å². The third-order valence-corrected chi connectivity index (χ3v) is 5.88. The number of aromatic nitrogens is 1. The number of carbonyl (C=O) groups is 1. The number of aromatic amines is 1. The Hall–Kier alpha value is -2.79. The van der Waals surface area contributed by atoms with E-state index < -0.39 is 0 Å². The van der Waals surface area contributed by atoms with Gasteiger partial charge in [0.15, 0.2) is 0 Å². The maximum Gasteiger partial charge on any atom is 0.255 e. The molecule has 1 saturated heterocycles. The molecular formula is C23H28N4O. The van der Waals surface area contributed by atoms with Crippen molar-refractivity contribution in [2.75, 3.05) is 42.9 Å². The van der Waals surface area contributed by atoms with Gasteiger partial charge >= 0.3 is 0 Å². The quantitative estimate of drug-likeness (QED) is 0.718. The fourth-order valence-corrected chi connectivity index (χ4v) is 3.88. The summed E-state index contributed by atoms with van der Waals surface area (Å²) in [5, 5.41) is 4.12. The molecular weight excluding hydrogens is 348 g/mol.